The third-order valence-electron chi connectivity index (χ3n) is 5.76. The first kappa shape index (κ1) is 68.6. The summed E-state index contributed by atoms with van der Waals surface area (Å²) in [5, 5.41) is 10.4. The standard InChI is InChI=1S/C11H8N2O3.C11H10N2O.2C6H15P.4C2H6.I2.2HI.V/c14-13(15)9-1-3-10(4-2-9)16-11-5-7-12-8-6-11;12-9-1-3-10(4-2-9)14-11-5-7-13-8-6-11;2*1-3-4-5-6-7-2;5*1-2;;;/h1-8H;1-8H,12H2;2*7H,3-6H2,1-2H3;4*1-2H3;;2*1H;/q;;;;;;;;;;;+2/p-2. The molecular weight excluding hydrogens is 1240 g/mol. The van der Waals surface area contributed by atoms with Crippen molar-refractivity contribution in [3.8, 4) is 23.0 Å². The number of pyridine rings is 2. The van der Waals surface area contributed by atoms with E-state index in [9.17, 15) is 10.1 Å². The van der Waals surface area contributed by atoms with Crippen LogP contribution in [0.1, 0.15) is 108 Å². The van der Waals surface area contributed by atoms with E-state index in [1.165, 1.54) is 80.1 Å². The third-order valence-corrected chi connectivity index (χ3v) is 7.47. The number of nitro benzene ring substituents is 1. The van der Waals surface area contributed by atoms with E-state index in [4.69, 9.17) is 15.2 Å². The molecule has 0 radical (unpaired) electrons. The second kappa shape index (κ2) is 62.6. The molecule has 0 aliphatic rings. The van der Waals surface area contributed by atoms with Gasteiger partial charge in [0.1, 0.15) is 23.0 Å². The van der Waals surface area contributed by atoms with Crippen molar-refractivity contribution in [1.82, 2.24) is 9.97 Å². The van der Waals surface area contributed by atoms with Crippen molar-refractivity contribution in [1.29, 1.82) is 0 Å². The summed E-state index contributed by atoms with van der Waals surface area (Å²) in [6.07, 6.45) is 18.0. The Kier molecular flexibility index (Phi) is 75.3. The summed E-state index contributed by atoms with van der Waals surface area (Å²) in [5.74, 6) is 2.73. The average molecular weight is 1320 g/mol. The molecule has 2 atom stereocenters. The van der Waals surface area contributed by atoms with Crippen LogP contribution in [-0.2, 0) is 9.47 Å². The number of unbranched alkanes of at least 4 members (excludes halogenated alkanes) is 4. The van der Waals surface area contributed by atoms with Crippen molar-refractivity contribution in [2.45, 2.75) is 108 Å². The fraction of sp³-hybridized carbons (Fsp3) is 0.476. The summed E-state index contributed by atoms with van der Waals surface area (Å²) in [6, 6.07) is 20.2. The quantitative estimate of drug-likeness (QED) is 0.0354. The Morgan fingerprint density at radius 2 is 0.877 bits per heavy atom. The molecule has 4 aromatic rings. The summed E-state index contributed by atoms with van der Waals surface area (Å²) < 4.78 is 11.0. The van der Waals surface area contributed by atoms with Gasteiger partial charge >= 0.3 is 49.4 Å². The number of nitrogens with zero attached hydrogens (tertiary/aromatic N) is 3. The maximum absolute atomic E-state index is 10.4. The van der Waals surface area contributed by atoms with Crippen LogP contribution in [0.25, 0.3) is 0 Å². The van der Waals surface area contributed by atoms with Gasteiger partial charge in [-0.25, -0.2) is 0 Å². The number of benzene rings is 2. The fourth-order valence-corrected chi connectivity index (χ4v) is 4.57. The minimum absolute atomic E-state index is 0.0436. The number of hydrogen-bond donors (Lipinski definition) is 1. The van der Waals surface area contributed by atoms with Gasteiger partial charge in [0, 0.05) is 79.8 Å². The molecule has 2 unspecified atom stereocenters. The SMILES string of the molecule is CC.CC.CC.CC.CCCCCPC.CCCCCPC.II.Nc1ccc(Oc2ccncc2)cc1.O=[N+]([O-])c1ccc(Oc2ccncc2)cc1.[I][V][I]. The van der Waals surface area contributed by atoms with E-state index in [-0.39, 0.29) is 5.69 Å². The Balaban J connectivity index is -0.000000144. The minimum atomic E-state index is -0.448. The summed E-state index contributed by atoms with van der Waals surface area (Å²) in [7, 11) is 2.96. The van der Waals surface area contributed by atoms with Crippen molar-refractivity contribution in [2.24, 2.45) is 0 Å². The summed E-state index contributed by atoms with van der Waals surface area (Å²) in [5.41, 5.74) is 6.33. The molecule has 15 heteroatoms. The molecule has 0 saturated heterocycles. The molecule has 327 valence electrons. The van der Waals surface area contributed by atoms with E-state index in [0.29, 0.717) is 21.0 Å². The number of aromatic nitrogens is 2. The Labute approximate surface area is 404 Å². The Hall–Kier alpha value is -0.0956. The normalized spacial score (nSPS) is 8.63. The number of nitro groups is 1. The number of rotatable bonds is 13. The molecule has 0 aliphatic carbocycles. The monoisotopic (exact) mass is 1320 g/mol. The predicted octanol–water partition coefficient (Wildman–Crippen LogP) is 17.9. The van der Waals surface area contributed by atoms with Crippen LogP contribution in [0, 0.1) is 10.1 Å². The first-order valence-corrected chi connectivity index (χ1v) is 38.2. The Morgan fingerprint density at radius 3 is 1.14 bits per heavy atom. The number of halogens is 4. The van der Waals surface area contributed by atoms with Crippen LogP contribution >= 0.6 is 94.4 Å². The molecular formula is C42H72I4N4O4P2V. The molecule has 2 heterocycles. The number of nitrogens with two attached hydrogens (primary N) is 1. The van der Waals surface area contributed by atoms with E-state index < -0.39 is 4.92 Å². The predicted molar refractivity (Wildman–Crippen MR) is 291 cm³/mol. The van der Waals surface area contributed by atoms with Gasteiger partial charge in [0.05, 0.1) is 4.92 Å². The number of hydrogen-bond acceptors (Lipinski definition) is 7. The zero-order valence-corrected chi connectivity index (χ0v) is 48.4. The van der Waals surface area contributed by atoms with Gasteiger partial charge in [-0.1, -0.05) is 94.9 Å². The zero-order chi connectivity index (χ0) is 45.0. The number of nitrogen functional groups attached to an aromatic ring is 1. The average Bonchev–Trinajstić information content (AvgIpc) is 3.28. The molecule has 8 nitrogen and oxygen atoms in total. The second-order valence-corrected chi connectivity index (χ2v) is 23.8. The number of non-ortho nitro benzene ring substituents is 1. The van der Waals surface area contributed by atoms with E-state index in [1.807, 2.05) is 67.5 Å². The molecule has 0 fully saturated rings. The van der Waals surface area contributed by atoms with Crippen LogP contribution in [-0.4, -0.2) is 40.5 Å². The number of ether oxygens (including phenoxy) is 2. The zero-order valence-electron chi connectivity index (χ0n) is 36.4. The summed E-state index contributed by atoms with van der Waals surface area (Å²) >= 11 is 8.98. The van der Waals surface area contributed by atoms with Crippen LogP contribution in [0.15, 0.2) is 97.6 Å². The van der Waals surface area contributed by atoms with Gasteiger partial charge in [0.25, 0.3) is 5.69 Å². The summed E-state index contributed by atoms with van der Waals surface area (Å²) in [6.45, 7) is 25.0. The van der Waals surface area contributed by atoms with E-state index in [2.05, 4.69) is 114 Å². The van der Waals surface area contributed by atoms with Gasteiger partial charge in [0.15, 0.2) is 0 Å². The molecule has 2 N–H and O–H groups in total. The van der Waals surface area contributed by atoms with Gasteiger partial charge in [-0.2, -0.15) is 0 Å². The van der Waals surface area contributed by atoms with Gasteiger partial charge in [-0.15, -0.1) is 17.2 Å². The molecule has 57 heavy (non-hydrogen) atoms. The van der Waals surface area contributed by atoms with Gasteiger partial charge in [-0.05, 0) is 99.2 Å². The van der Waals surface area contributed by atoms with E-state index in [1.54, 1.807) is 73.3 Å². The molecule has 0 bridgehead atoms. The van der Waals surface area contributed by atoms with Crippen molar-refractivity contribution >= 4 is 106 Å². The molecule has 2 aromatic carbocycles. The number of anilines is 1. The molecule has 0 saturated carbocycles. The molecule has 4 rings (SSSR count). The molecule has 0 amide bonds. The second-order valence-electron chi connectivity index (χ2n) is 9.58. The van der Waals surface area contributed by atoms with Crippen molar-refractivity contribution in [3.63, 3.8) is 0 Å². The first-order valence-electron chi connectivity index (χ1n) is 19.5. The van der Waals surface area contributed by atoms with Gasteiger partial charge in [0.2, 0.25) is 0 Å². The van der Waals surface area contributed by atoms with Crippen molar-refractivity contribution in [3.05, 3.63) is 108 Å². The van der Waals surface area contributed by atoms with Crippen molar-refractivity contribution < 1.29 is 23.9 Å². The van der Waals surface area contributed by atoms with Crippen molar-refractivity contribution in [2.75, 3.05) is 31.4 Å². The van der Waals surface area contributed by atoms with Crippen LogP contribution in [0.2, 0.25) is 0 Å². The van der Waals surface area contributed by atoms with Crippen LogP contribution < -0.4 is 15.2 Å². The van der Waals surface area contributed by atoms with E-state index >= 15 is 0 Å². The maximum atomic E-state index is 10.4. The molecule has 2 aromatic heterocycles. The van der Waals surface area contributed by atoms with E-state index in [0.717, 1.165) is 17.2 Å². The molecule has 0 aliphatic heterocycles. The van der Waals surface area contributed by atoms with Crippen LogP contribution in [0.3, 0.4) is 0 Å². The first-order chi connectivity index (χ1) is 27.8. The fourth-order valence-electron chi connectivity index (χ4n) is 3.36. The van der Waals surface area contributed by atoms with Gasteiger partial charge < -0.3 is 15.2 Å². The Bertz CT molecular complexity index is 1260. The Morgan fingerprint density at radius 1 is 0.596 bits per heavy atom. The van der Waals surface area contributed by atoms with Gasteiger partial charge in [-0.3, -0.25) is 20.1 Å². The van der Waals surface area contributed by atoms with Crippen LogP contribution in [0.5, 0.6) is 23.0 Å². The van der Waals surface area contributed by atoms with Crippen LogP contribution in [0.4, 0.5) is 11.4 Å². The third kappa shape index (κ3) is 52.0. The summed E-state index contributed by atoms with van der Waals surface area (Å²) in [4.78, 5) is 17.7. The topological polar surface area (TPSA) is 113 Å². The molecule has 0 spiro atoms.